The number of nitrogens with one attached hydrogen (secondary N) is 5. The van der Waals surface area contributed by atoms with Gasteiger partial charge >= 0.3 is 0 Å². The molecule has 2 aromatic carbocycles. The zero-order valence-electron chi connectivity index (χ0n) is 35.3. The Labute approximate surface area is 361 Å². The van der Waals surface area contributed by atoms with Crippen molar-refractivity contribution in [3.05, 3.63) is 70.4 Å². The lowest BCUT2D eigenvalue weighted by atomic mass is 9.85. The van der Waals surface area contributed by atoms with Gasteiger partial charge in [-0.3, -0.25) is 43.9 Å². The van der Waals surface area contributed by atoms with Gasteiger partial charge in [0.05, 0.1) is 11.1 Å². The Morgan fingerprint density at radius 1 is 0.839 bits per heavy atom. The summed E-state index contributed by atoms with van der Waals surface area (Å²) in [5, 5.41) is 15.1. The second kappa shape index (κ2) is 19.9. The van der Waals surface area contributed by atoms with Gasteiger partial charge in [0.2, 0.25) is 23.7 Å². The maximum absolute atomic E-state index is 13.3. The number of carbonyl (C=O) groups is 6. The molecular formula is C46H57N9O7. The number of aromatic nitrogens is 2. The minimum Gasteiger partial charge on any atom is -0.483 e. The number of imide groups is 2. The third-order valence-electron chi connectivity index (χ3n) is 12.6. The topological polar surface area (TPSA) is 204 Å². The highest BCUT2D eigenvalue weighted by Gasteiger charge is 2.46. The van der Waals surface area contributed by atoms with E-state index in [-0.39, 0.29) is 54.1 Å². The van der Waals surface area contributed by atoms with Crippen LogP contribution in [0.5, 0.6) is 5.75 Å². The van der Waals surface area contributed by atoms with Gasteiger partial charge in [-0.05, 0) is 106 Å². The van der Waals surface area contributed by atoms with Gasteiger partial charge in [0.1, 0.15) is 17.6 Å². The highest BCUT2D eigenvalue weighted by atomic mass is 16.5. The molecule has 62 heavy (non-hydrogen) atoms. The molecule has 0 spiro atoms. The highest BCUT2D eigenvalue weighted by molar-refractivity contribution is 6.24. The average Bonchev–Trinajstić information content (AvgIpc) is 4.06. The van der Waals surface area contributed by atoms with Gasteiger partial charge in [-0.15, -0.1) is 0 Å². The van der Waals surface area contributed by atoms with E-state index in [1.165, 1.54) is 41.7 Å². The molecule has 2 saturated carbocycles. The van der Waals surface area contributed by atoms with Crippen molar-refractivity contribution in [1.29, 1.82) is 0 Å². The smallest absolute Gasteiger partial charge is 0.266 e. The Hall–Kier alpha value is -5.90. The molecule has 3 fully saturated rings. The SMILES string of the molecule is O=C(COc1cccc2c1C(=O)N(C1CCC(=O)NC1=O)C2=O)NCCCCCCCN1CCc2cc(Nc3ncc(C4CC4)c(NCCCNC(=O)C4CCC4)n3)ccc2C1. The Kier molecular flexibility index (Phi) is 13.7. The first-order valence-electron chi connectivity index (χ1n) is 22.5. The quantitative estimate of drug-likeness (QED) is 0.0731. The number of anilines is 3. The van der Waals surface area contributed by atoms with Gasteiger partial charge < -0.3 is 26.0 Å². The number of unbranched alkanes of at least 4 members (excludes halogenated alkanes) is 4. The van der Waals surface area contributed by atoms with Crippen LogP contribution in [0, 0.1) is 5.92 Å². The first kappa shape index (κ1) is 42.8. The summed E-state index contributed by atoms with van der Waals surface area (Å²) in [5.74, 6) is -0.273. The molecule has 3 aliphatic heterocycles. The predicted octanol–water partition coefficient (Wildman–Crippen LogP) is 4.72. The second-order valence-electron chi connectivity index (χ2n) is 17.1. The summed E-state index contributed by atoms with van der Waals surface area (Å²) >= 11 is 0. The number of benzene rings is 2. The molecule has 0 radical (unpaired) electrons. The Bertz CT molecular complexity index is 2190. The molecule has 16 heteroatoms. The first-order valence-corrected chi connectivity index (χ1v) is 22.5. The van der Waals surface area contributed by atoms with Gasteiger partial charge in [0.15, 0.2) is 6.61 Å². The number of hydrogen-bond acceptors (Lipinski definition) is 12. The van der Waals surface area contributed by atoms with E-state index in [9.17, 15) is 28.8 Å². The molecule has 0 bridgehead atoms. The molecule has 1 saturated heterocycles. The third-order valence-corrected chi connectivity index (χ3v) is 12.6. The minimum absolute atomic E-state index is 0.0182. The van der Waals surface area contributed by atoms with Crippen molar-refractivity contribution in [3.8, 4) is 5.75 Å². The summed E-state index contributed by atoms with van der Waals surface area (Å²) in [4.78, 5) is 87.9. The molecule has 1 atom stereocenters. The van der Waals surface area contributed by atoms with Crippen molar-refractivity contribution in [2.24, 2.45) is 5.92 Å². The zero-order chi connectivity index (χ0) is 43.0. The van der Waals surface area contributed by atoms with Crippen LogP contribution in [0.1, 0.15) is 127 Å². The molecule has 1 unspecified atom stereocenters. The molecule has 6 amide bonds. The third kappa shape index (κ3) is 10.4. The maximum Gasteiger partial charge on any atom is 0.266 e. The average molecular weight is 848 g/mol. The minimum atomic E-state index is -1.08. The number of carbonyl (C=O) groups excluding carboxylic acids is 6. The van der Waals surface area contributed by atoms with E-state index in [0.717, 1.165) is 107 Å². The lowest BCUT2D eigenvalue weighted by Gasteiger charge is -2.29. The summed E-state index contributed by atoms with van der Waals surface area (Å²) in [6.07, 6.45) is 14.5. The lowest BCUT2D eigenvalue weighted by molar-refractivity contribution is -0.136. The van der Waals surface area contributed by atoms with Crippen molar-refractivity contribution in [1.82, 2.24) is 35.7 Å². The Morgan fingerprint density at radius 3 is 2.47 bits per heavy atom. The van der Waals surface area contributed by atoms with Gasteiger partial charge in [-0.1, -0.05) is 37.8 Å². The number of amides is 6. The van der Waals surface area contributed by atoms with E-state index < -0.39 is 29.7 Å². The second-order valence-corrected chi connectivity index (χ2v) is 17.1. The molecule has 2 aliphatic carbocycles. The summed E-state index contributed by atoms with van der Waals surface area (Å²) in [7, 11) is 0. The standard InChI is InChI=1S/C46H57N9O7/c56-38-18-17-36(43(59)52-38)55-44(60)34-11-7-12-37(40(34)45(55)61)62-28-39(57)47-20-4-2-1-3-5-23-54-24-19-31-25-33(16-15-32(31)27-54)51-46-50-26-35(29-13-14-29)41(53-46)48-21-8-22-49-42(58)30-9-6-10-30/h7,11-12,15-16,25-26,29-30,36H,1-6,8-10,13-14,17-24,27-28H2,(H,47,57)(H,49,58)(H,52,56,59)(H2,48,50,51,53). The number of rotatable bonds is 21. The lowest BCUT2D eigenvalue weighted by Crippen LogP contribution is -2.54. The molecule has 5 N–H and O–H groups in total. The fourth-order valence-corrected chi connectivity index (χ4v) is 8.63. The van der Waals surface area contributed by atoms with Gasteiger partial charge in [-0.25, -0.2) is 4.98 Å². The molecule has 4 heterocycles. The largest absolute Gasteiger partial charge is 0.483 e. The van der Waals surface area contributed by atoms with Crippen LogP contribution in [-0.4, -0.2) is 101 Å². The van der Waals surface area contributed by atoms with Crippen molar-refractivity contribution in [2.45, 2.75) is 108 Å². The predicted molar refractivity (Wildman–Crippen MR) is 231 cm³/mol. The number of fused-ring (bicyclic) bond motifs is 2. The first-order chi connectivity index (χ1) is 30.2. The van der Waals surface area contributed by atoms with Crippen molar-refractivity contribution in [3.63, 3.8) is 0 Å². The molecule has 3 aromatic rings. The number of ether oxygens (including phenoxy) is 1. The number of nitrogens with zero attached hydrogens (tertiary/aromatic N) is 4. The summed E-state index contributed by atoms with van der Waals surface area (Å²) in [5.41, 5.74) is 4.98. The van der Waals surface area contributed by atoms with Crippen molar-refractivity contribution < 1.29 is 33.5 Å². The molecule has 8 rings (SSSR count). The molecule has 16 nitrogen and oxygen atoms in total. The zero-order valence-corrected chi connectivity index (χ0v) is 35.3. The number of hydrogen-bond donors (Lipinski definition) is 5. The van der Waals surface area contributed by atoms with E-state index in [2.05, 4.69) is 54.7 Å². The van der Waals surface area contributed by atoms with Crippen LogP contribution in [0.2, 0.25) is 0 Å². The van der Waals surface area contributed by atoms with E-state index >= 15 is 0 Å². The monoisotopic (exact) mass is 847 g/mol. The van der Waals surface area contributed by atoms with E-state index in [0.29, 0.717) is 25.0 Å². The van der Waals surface area contributed by atoms with E-state index in [1.807, 2.05) is 6.20 Å². The van der Waals surface area contributed by atoms with Crippen LogP contribution >= 0.6 is 0 Å². The van der Waals surface area contributed by atoms with Crippen LogP contribution in [-0.2, 0) is 32.1 Å². The van der Waals surface area contributed by atoms with Gasteiger partial charge in [-0.2, -0.15) is 4.98 Å². The van der Waals surface area contributed by atoms with Crippen LogP contribution in [0.15, 0.2) is 42.6 Å². The summed E-state index contributed by atoms with van der Waals surface area (Å²) in [6.45, 7) is 4.58. The van der Waals surface area contributed by atoms with Crippen LogP contribution in [0.4, 0.5) is 17.5 Å². The maximum atomic E-state index is 13.3. The van der Waals surface area contributed by atoms with Crippen LogP contribution in [0.3, 0.4) is 0 Å². The molecule has 1 aromatic heterocycles. The van der Waals surface area contributed by atoms with Crippen molar-refractivity contribution in [2.75, 3.05) is 50.0 Å². The molecule has 5 aliphatic rings. The Balaban J connectivity index is 0.700. The van der Waals surface area contributed by atoms with E-state index in [4.69, 9.17) is 9.72 Å². The molecule has 328 valence electrons. The van der Waals surface area contributed by atoms with Gasteiger partial charge in [0.25, 0.3) is 17.7 Å². The Morgan fingerprint density at radius 2 is 1.66 bits per heavy atom. The van der Waals surface area contributed by atoms with Crippen molar-refractivity contribution >= 4 is 52.9 Å². The molecular weight excluding hydrogens is 791 g/mol. The fraction of sp³-hybridized carbons (Fsp3) is 0.522. The summed E-state index contributed by atoms with van der Waals surface area (Å²) in [6, 6.07) is 10.0. The highest BCUT2D eigenvalue weighted by Crippen LogP contribution is 2.43. The summed E-state index contributed by atoms with van der Waals surface area (Å²) < 4.78 is 5.68. The van der Waals surface area contributed by atoms with E-state index in [1.54, 1.807) is 6.07 Å². The normalized spacial score (nSPS) is 18.7. The number of piperidine rings is 1. The van der Waals surface area contributed by atoms with Gasteiger partial charge in [0, 0.05) is 62.5 Å². The van der Waals surface area contributed by atoms with Crippen LogP contribution in [0.25, 0.3) is 0 Å². The fourth-order valence-electron chi connectivity index (χ4n) is 8.63. The van der Waals surface area contributed by atoms with Crippen LogP contribution < -0.4 is 31.3 Å².